The van der Waals surface area contributed by atoms with Gasteiger partial charge >= 0.3 is 28.4 Å². The smallest absolute Gasteiger partial charge is 0.382 e. The number of ether oxygens (including phenoxy) is 3. The first-order valence-corrected chi connectivity index (χ1v) is 15.8. The Morgan fingerprint density at radius 1 is 1.15 bits per heavy atom. The number of imidazole rings is 1. The lowest BCUT2D eigenvalue weighted by atomic mass is 10.1. The molecule has 4 rings (SSSR count). The van der Waals surface area contributed by atoms with Crippen LogP contribution in [0.4, 0.5) is 19.0 Å². The van der Waals surface area contributed by atoms with E-state index in [9.17, 15) is 32.3 Å². The molecule has 0 radical (unpaired) electrons. The molecule has 40 heavy (non-hydrogen) atoms. The number of anilines is 1. The fourth-order valence-corrected chi connectivity index (χ4v) is 7.26. The molecule has 2 aromatic rings. The molecular weight excluding hydrogens is 620 g/mol. The highest BCUT2D eigenvalue weighted by Gasteiger charge is 2.67. The lowest BCUT2D eigenvalue weighted by molar-refractivity contribution is -0.257. The van der Waals surface area contributed by atoms with Crippen molar-refractivity contribution in [1.82, 2.24) is 19.5 Å². The molecule has 0 bridgehead atoms. The van der Waals surface area contributed by atoms with Gasteiger partial charge in [0.1, 0.15) is 30.7 Å². The Morgan fingerprint density at radius 2 is 1.88 bits per heavy atom. The summed E-state index contributed by atoms with van der Waals surface area (Å²) in [5, 5.41) is -5.76. The average Bonchev–Trinajstić information content (AvgIpc) is 3.40. The Balaban J connectivity index is 1.48. The number of nitrogens with zero attached hydrogens (tertiary/aromatic N) is 4. The molecule has 2 saturated heterocycles. The minimum Gasteiger partial charge on any atom is -0.382 e. The minimum atomic E-state index is -6.80. The highest BCUT2D eigenvalue weighted by Crippen LogP contribution is 2.77. The van der Waals surface area contributed by atoms with Gasteiger partial charge in [-0.1, -0.05) is 0 Å². The van der Waals surface area contributed by atoms with E-state index < -0.39 is 65.9 Å². The summed E-state index contributed by atoms with van der Waals surface area (Å²) in [5.41, 5.74) is 5.97. The number of nitrogen functional groups attached to an aromatic ring is 1. The molecule has 24 heteroatoms. The topological polar surface area (TPSA) is 257 Å². The quantitative estimate of drug-likeness (QED) is 0.132. The van der Waals surface area contributed by atoms with Crippen LogP contribution in [-0.2, 0) is 41.8 Å². The molecule has 0 saturated carbocycles. The molecule has 3 unspecified atom stereocenters. The van der Waals surface area contributed by atoms with E-state index in [4.69, 9.17) is 29.7 Å². The predicted molar refractivity (Wildman–Crippen MR) is 122 cm³/mol. The van der Waals surface area contributed by atoms with E-state index >= 15 is 4.39 Å². The number of fused-ring (bicyclic) bond motifs is 1. The number of halogens is 3. The van der Waals surface area contributed by atoms with E-state index in [0.717, 1.165) is 19.1 Å². The lowest BCUT2D eigenvalue weighted by Gasteiger charge is -2.28. The van der Waals surface area contributed by atoms with E-state index in [1.807, 2.05) is 0 Å². The van der Waals surface area contributed by atoms with Gasteiger partial charge in [-0.05, 0) is 19.3 Å². The first-order valence-electron chi connectivity index (χ1n) is 11.2. The number of hydrogen-bond acceptors (Lipinski definition) is 13. The summed E-state index contributed by atoms with van der Waals surface area (Å²) >= 11 is 0. The largest absolute Gasteiger partial charge is 0.506 e. The molecule has 2 aromatic heterocycles. The Kier molecular flexibility index (Phi) is 9.10. The second kappa shape index (κ2) is 11.6. The first-order chi connectivity index (χ1) is 18.5. The first kappa shape index (κ1) is 31.4. The Bertz CT molecular complexity index is 1360. The molecule has 0 aromatic carbocycles. The Hall–Kier alpha value is -1.57. The molecule has 7 atom stereocenters. The van der Waals surface area contributed by atoms with Crippen LogP contribution in [0.2, 0.25) is 0 Å². The highest BCUT2D eigenvalue weighted by atomic mass is 31.3. The van der Waals surface area contributed by atoms with Gasteiger partial charge in [0.25, 0.3) is 0 Å². The fourth-order valence-electron chi connectivity index (χ4n) is 3.80. The molecule has 0 aliphatic carbocycles. The van der Waals surface area contributed by atoms with E-state index in [1.54, 1.807) is 0 Å². The Labute approximate surface area is 221 Å². The molecule has 0 spiro atoms. The maximum atomic E-state index is 15.7. The number of aromatic nitrogens is 4. The standard InChI is InChI=1S/C16H23F3N5O13P3/c17-10-12(35-9-3-1-2-4-32-9)8(34-15(10)24-7-23-11-13(20)21-6-22-14(11)24)5-33-36-40(30,31)37-39(28,29)16(18,19)38(25,26)27/h6-10,12,15H,1-5H2,(H,28,29)(H,30,31)(H2,20,21,22)(H2,25,26,27)/t8-,9?,10-,12-,15-/m1/s1. The van der Waals surface area contributed by atoms with E-state index in [1.165, 1.54) is 4.57 Å². The molecule has 0 amide bonds. The molecule has 2 aliphatic rings. The maximum Gasteiger partial charge on any atom is 0.506 e. The van der Waals surface area contributed by atoms with Crippen molar-refractivity contribution < 1.29 is 74.5 Å². The van der Waals surface area contributed by atoms with Crippen molar-refractivity contribution in [1.29, 1.82) is 0 Å². The van der Waals surface area contributed by atoms with Crippen LogP contribution in [0.15, 0.2) is 12.7 Å². The third-order valence-electron chi connectivity index (χ3n) is 5.66. The summed E-state index contributed by atoms with van der Waals surface area (Å²) in [6, 6.07) is 0. The van der Waals surface area contributed by atoms with Gasteiger partial charge in [-0.3, -0.25) is 13.7 Å². The number of hydrogen-bond donors (Lipinski definition) is 5. The van der Waals surface area contributed by atoms with Gasteiger partial charge in [-0.15, -0.1) is 4.67 Å². The van der Waals surface area contributed by atoms with Gasteiger partial charge in [-0.2, -0.15) is 8.78 Å². The third-order valence-corrected chi connectivity index (χ3v) is 10.6. The number of alkyl halides is 3. The molecular formula is C16H23F3N5O13P3. The molecule has 18 nitrogen and oxygen atoms in total. The molecule has 4 heterocycles. The second-order valence-corrected chi connectivity index (χ2v) is 13.8. The van der Waals surface area contributed by atoms with Crippen LogP contribution in [0, 0.1) is 0 Å². The van der Waals surface area contributed by atoms with Gasteiger partial charge in [0.2, 0.25) is 0 Å². The third kappa shape index (κ3) is 6.42. The van der Waals surface area contributed by atoms with Crippen LogP contribution in [0.3, 0.4) is 0 Å². The van der Waals surface area contributed by atoms with Crippen LogP contribution in [0.5, 0.6) is 0 Å². The van der Waals surface area contributed by atoms with Crippen molar-refractivity contribution in [3.05, 3.63) is 12.7 Å². The van der Waals surface area contributed by atoms with E-state index in [2.05, 4.69) is 28.8 Å². The summed E-state index contributed by atoms with van der Waals surface area (Å²) in [5.74, 6) is -0.00181. The van der Waals surface area contributed by atoms with Crippen molar-refractivity contribution >= 4 is 40.0 Å². The summed E-state index contributed by atoms with van der Waals surface area (Å²) in [4.78, 5) is 52.2. The van der Waals surface area contributed by atoms with Crippen molar-refractivity contribution in [3.63, 3.8) is 0 Å². The number of rotatable bonds is 11. The molecule has 226 valence electrons. The summed E-state index contributed by atoms with van der Waals surface area (Å²) in [6.45, 7) is -0.618. The van der Waals surface area contributed by atoms with Crippen LogP contribution in [0.25, 0.3) is 11.2 Å². The van der Waals surface area contributed by atoms with Crippen molar-refractivity contribution in [3.8, 4) is 0 Å². The van der Waals surface area contributed by atoms with Gasteiger partial charge in [-0.25, -0.2) is 33.1 Å². The molecule has 2 aliphatic heterocycles. The van der Waals surface area contributed by atoms with Crippen LogP contribution >= 0.6 is 23.0 Å². The lowest BCUT2D eigenvalue weighted by Crippen LogP contribution is -2.39. The van der Waals surface area contributed by atoms with Gasteiger partial charge in [0.15, 0.2) is 30.2 Å². The molecule has 2 fully saturated rings. The van der Waals surface area contributed by atoms with Crippen LogP contribution in [-0.4, -0.2) is 82.4 Å². The summed E-state index contributed by atoms with van der Waals surface area (Å²) in [7, 11) is -19.4. The average molecular weight is 643 g/mol. The minimum absolute atomic E-state index is 0.00181. The normalized spacial score (nSPS) is 29.3. The number of nitrogens with two attached hydrogens (primary N) is 1. The summed E-state index contributed by atoms with van der Waals surface area (Å²) in [6.07, 6.45) is -3.11. The predicted octanol–water partition coefficient (Wildman–Crippen LogP) is 1.53. The van der Waals surface area contributed by atoms with Gasteiger partial charge < -0.3 is 39.5 Å². The summed E-state index contributed by atoms with van der Waals surface area (Å²) < 4.78 is 103. The van der Waals surface area contributed by atoms with Crippen LogP contribution in [0.1, 0.15) is 25.5 Å². The number of phosphoric acid groups is 1. The maximum absolute atomic E-state index is 15.7. The van der Waals surface area contributed by atoms with Gasteiger partial charge in [0.05, 0.1) is 6.33 Å². The molecule has 6 N–H and O–H groups in total. The van der Waals surface area contributed by atoms with Crippen molar-refractivity contribution in [2.75, 3.05) is 18.9 Å². The van der Waals surface area contributed by atoms with E-state index in [0.29, 0.717) is 19.4 Å². The monoisotopic (exact) mass is 643 g/mol. The zero-order valence-electron chi connectivity index (χ0n) is 19.9. The van der Waals surface area contributed by atoms with Crippen molar-refractivity contribution in [2.24, 2.45) is 0 Å². The highest BCUT2D eigenvalue weighted by molar-refractivity contribution is 7.75. The zero-order chi connectivity index (χ0) is 29.5. The van der Waals surface area contributed by atoms with E-state index in [-0.39, 0.29) is 17.0 Å². The Morgan fingerprint density at radius 3 is 2.52 bits per heavy atom. The zero-order valence-corrected chi connectivity index (χ0v) is 22.6. The van der Waals surface area contributed by atoms with Crippen molar-refractivity contribution in [2.45, 2.75) is 55.6 Å². The second-order valence-electron chi connectivity index (χ2n) is 8.47. The SMILES string of the molecule is Nc1ncnc2c1ncn2[C@@H]1O[C@H](COOP(=O)(O)OP(=O)(O)C(F)(F)P(=O)(O)O)[C@@H](OC2CCCCO2)[C@H]1F. The fraction of sp³-hybridized carbons (Fsp3) is 0.688. The van der Waals surface area contributed by atoms with Crippen LogP contribution < -0.4 is 5.73 Å². The van der Waals surface area contributed by atoms with Gasteiger partial charge in [0, 0.05) is 6.61 Å².